The first-order valence-corrected chi connectivity index (χ1v) is 9.16. The van der Waals surface area contributed by atoms with Crippen LogP contribution in [0.4, 0.5) is 14.5 Å². The molecular formula is C22H16F2N4O3. The standard InChI is InChI=1S/C22H16F2N4O3/c23-17-10-18(24)19(9-16(17)21(25)29)27-22(30)13-4-3-5-15(8-13)31-12-14-11-28-7-2-1-6-20(28)26-14/h1-11H,12H2,(H2,25,29)(H,27,30). The van der Waals surface area contributed by atoms with Crippen molar-refractivity contribution in [3.05, 3.63) is 95.4 Å². The number of benzene rings is 2. The summed E-state index contributed by atoms with van der Waals surface area (Å²) in [5.41, 5.74) is 5.84. The summed E-state index contributed by atoms with van der Waals surface area (Å²) in [5.74, 6) is -3.47. The van der Waals surface area contributed by atoms with Crippen LogP contribution in [-0.4, -0.2) is 21.2 Å². The van der Waals surface area contributed by atoms with Gasteiger partial charge in [-0.2, -0.15) is 0 Å². The number of carbonyl (C=O) groups excluding carboxylic acids is 2. The molecule has 0 atom stereocenters. The molecule has 0 aliphatic heterocycles. The van der Waals surface area contributed by atoms with Crippen LogP contribution in [0.25, 0.3) is 5.65 Å². The predicted octanol–water partition coefficient (Wildman–Crippen LogP) is 3.54. The van der Waals surface area contributed by atoms with Crippen molar-refractivity contribution >= 4 is 23.1 Å². The Bertz CT molecular complexity index is 1270. The number of primary amides is 1. The second-order valence-corrected chi connectivity index (χ2v) is 6.65. The van der Waals surface area contributed by atoms with Gasteiger partial charge in [0.1, 0.15) is 29.6 Å². The molecule has 2 aromatic heterocycles. The van der Waals surface area contributed by atoms with Crippen molar-refractivity contribution < 1.29 is 23.1 Å². The van der Waals surface area contributed by atoms with E-state index in [1.807, 2.05) is 35.0 Å². The number of pyridine rings is 1. The number of fused-ring (bicyclic) bond motifs is 1. The summed E-state index contributed by atoms with van der Waals surface area (Å²) in [6.07, 6.45) is 3.70. The van der Waals surface area contributed by atoms with E-state index >= 15 is 0 Å². The first-order valence-electron chi connectivity index (χ1n) is 9.16. The monoisotopic (exact) mass is 422 g/mol. The number of nitrogens with zero attached hydrogens (tertiary/aromatic N) is 2. The van der Waals surface area contributed by atoms with Gasteiger partial charge < -0.3 is 20.2 Å². The molecule has 0 saturated heterocycles. The van der Waals surface area contributed by atoms with Crippen LogP contribution in [0.3, 0.4) is 0 Å². The molecule has 9 heteroatoms. The molecule has 7 nitrogen and oxygen atoms in total. The van der Waals surface area contributed by atoms with Crippen LogP contribution in [-0.2, 0) is 6.61 Å². The fourth-order valence-electron chi connectivity index (χ4n) is 2.97. The van der Waals surface area contributed by atoms with E-state index in [9.17, 15) is 18.4 Å². The number of hydrogen-bond acceptors (Lipinski definition) is 4. The lowest BCUT2D eigenvalue weighted by molar-refractivity contribution is 0.0992. The second kappa shape index (κ2) is 8.23. The molecule has 2 heterocycles. The van der Waals surface area contributed by atoms with Gasteiger partial charge in [0.15, 0.2) is 0 Å². The van der Waals surface area contributed by atoms with Crippen LogP contribution in [0.2, 0.25) is 0 Å². The largest absolute Gasteiger partial charge is 0.487 e. The molecule has 4 rings (SSSR count). The van der Waals surface area contributed by atoms with E-state index in [1.165, 1.54) is 12.1 Å². The van der Waals surface area contributed by atoms with E-state index in [2.05, 4.69) is 10.3 Å². The SMILES string of the molecule is NC(=O)c1cc(NC(=O)c2cccc(OCc3cn4ccccc4n3)c2)c(F)cc1F. The zero-order valence-electron chi connectivity index (χ0n) is 16.0. The molecule has 0 radical (unpaired) electrons. The number of hydrogen-bond donors (Lipinski definition) is 2. The summed E-state index contributed by atoms with van der Waals surface area (Å²) in [5, 5.41) is 2.31. The van der Waals surface area contributed by atoms with Crippen LogP contribution >= 0.6 is 0 Å². The fraction of sp³-hybridized carbons (Fsp3) is 0.0455. The average Bonchev–Trinajstić information content (AvgIpc) is 3.17. The molecule has 2 aromatic carbocycles. The lowest BCUT2D eigenvalue weighted by atomic mass is 10.1. The van der Waals surface area contributed by atoms with Gasteiger partial charge in [-0.15, -0.1) is 0 Å². The molecule has 0 spiro atoms. The van der Waals surface area contributed by atoms with Crippen LogP contribution in [0.1, 0.15) is 26.4 Å². The van der Waals surface area contributed by atoms with Crippen molar-refractivity contribution in [2.75, 3.05) is 5.32 Å². The molecule has 0 fully saturated rings. The van der Waals surface area contributed by atoms with Crippen LogP contribution in [0.5, 0.6) is 5.75 Å². The summed E-state index contributed by atoms with van der Waals surface area (Å²) >= 11 is 0. The topological polar surface area (TPSA) is 98.7 Å². The number of anilines is 1. The van der Waals surface area contributed by atoms with Crippen molar-refractivity contribution in [2.24, 2.45) is 5.73 Å². The molecule has 2 amide bonds. The maximum atomic E-state index is 14.0. The van der Waals surface area contributed by atoms with Crippen molar-refractivity contribution in [2.45, 2.75) is 6.61 Å². The Morgan fingerprint density at radius 2 is 1.90 bits per heavy atom. The maximum absolute atomic E-state index is 14.0. The molecular weight excluding hydrogens is 406 g/mol. The van der Waals surface area contributed by atoms with Gasteiger partial charge in [0.05, 0.1) is 16.9 Å². The first kappa shape index (κ1) is 20.0. The van der Waals surface area contributed by atoms with Crippen LogP contribution < -0.4 is 15.8 Å². The smallest absolute Gasteiger partial charge is 0.255 e. The number of nitrogens with one attached hydrogen (secondary N) is 1. The Balaban J connectivity index is 1.48. The van der Waals surface area contributed by atoms with Gasteiger partial charge in [-0.05, 0) is 36.4 Å². The third-order valence-electron chi connectivity index (χ3n) is 4.47. The van der Waals surface area contributed by atoms with Crippen LogP contribution in [0.15, 0.2) is 67.0 Å². The third kappa shape index (κ3) is 4.35. The van der Waals surface area contributed by atoms with Crippen molar-refractivity contribution in [3.63, 3.8) is 0 Å². The summed E-state index contributed by atoms with van der Waals surface area (Å²) in [6, 6.07) is 13.2. The molecule has 0 bridgehead atoms. The molecule has 156 valence electrons. The second-order valence-electron chi connectivity index (χ2n) is 6.65. The first-order chi connectivity index (χ1) is 14.9. The number of rotatable bonds is 6. The highest BCUT2D eigenvalue weighted by Gasteiger charge is 2.16. The Morgan fingerprint density at radius 1 is 1.06 bits per heavy atom. The van der Waals surface area contributed by atoms with Gasteiger partial charge in [0, 0.05) is 24.0 Å². The number of halogens is 2. The van der Waals surface area contributed by atoms with Crippen molar-refractivity contribution in [1.82, 2.24) is 9.38 Å². The number of nitrogens with two attached hydrogens (primary N) is 1. The zero-order valence-corrected chi connectivity index (χ0v) is 16.0. The minimum atomic E-state index is -1.11. The quantitative estimate of drug-likeness (QED) is 0.497. The zero-order chi connectivity index (χ0) is 22.0. The molecule has 4 aromatic rings. The molecule has 0 aliphatic rings. The van der Waals surface area contributed by atoms with E-state index in [0.717, 1.165) is 11.7 Å². The Kier molecular flexibility index (Phi) is 5.31. The summed E-state index contributed by atoms with van der Waals surface area (Å²) in [4.78, 5) is 28.2. The number of imidazole rings is 1. The minimum Gasteiger partial charge on any atom is -0.487 e. The highest BCUT2D eigenvalue weighted by molar-refractivity contribution is 6.05. The van der Waals surface area contributed by atoms with E-state index < -0.39 is 29.0 Å². The van der Waals surface area contributed by atoms with E-state index in [1.54, 1.807) is 12.1 Å². The van der Waals surface area contributed by atoms with Gasteiger partial charge >= 0.3 is 0 Å². The summed E-state index contributed by atoms with van der Waals surface area (Å²) in [7, 11) is 0. The Hall–Kier alpha value is -4.27. The van der Waals surface area contributed by atoms with Gasteiger partial charge in [0.25, 0.3) is 11.8 Å². The van der Waals surface area contributed by atoms with Crippen molar-refractivity contribution in [1.29, 1.82) is 0 Å². The minimum absolute atomic E-state index is 0.178. The third-order valence-corrected chi connectivity index (χ3v) is 4.47. The Morgan fingerprint density at radius 3 is 2.68 bits per heavy atom. The van der Waals surface area contributed by atoms with E-state index in [0.29, 0.717) is 17.5 Å². The lowest BCUT2D eigenvalue weighted by Gasteiger charge is -2.10. The summed E-state index contributed by atoms with van der Waals surface area (Å²) < 4.78 is 35.2. The van der Waals surface area contributed by atoms with E-state index in [4.69, 9.17) is 10.5 Å². The normalized spacial score (nSPS) is 10.8. The highest BCUT2D eigenvalue weighted by Crippen LogP contribution is 2.21. The fourth-order valence-corrected chi connectivity index (χ4v) is 2.97. The predicted molar refractivity (Wildman–Crippen MR) is 109 cm³/mol. The van der Waals surface area contributed by atoms with Gasteiger partial charge in [0.2, 0.25) is 0 Å². The average molecular weight is 422 g/mol. The van der Waals surface area contributed by atoms with E-state index in [-0.39, 0.29) is 17.9 Å². The molecule has 0 saturated carbocycles. The molecule has 0 aliphatic carbocycles. The molecule has 0 unspecified atom stereocenters. The van der Waals surface area contributed by atoms with Crippen LogP contribution in [0, 0.1) is 11.6 Å². The number of ether oxygens (including phenoxy) is 1. The molecule has 31 heavy (non-hydrogen) atoms. The van der Waals surface area contributed by atoms with Gasteiger partial charge in [-0.3, -0.25) is 9.59 Å². The summed E-state index contributed by atoms with van der Waals surface area (Å²) in [6.45, 7) is 0.182. The van der Waals surface area contributed by atoms with Crippen molar-refractivity contribution in [3.8, 4) is 5.75 Å². The molecule has 3 N–H and O–H groups in total. The number of amides is 2. The Labute approximate surface area is 175 Å². The van der Waals surface area contributed by atoms with Gasteiger partial charge in [-0.25, -0.2) is 13.8 Å². The highest BCUT2D eigenvalue weighted by atomic mass is 19.1. The van der Waals surface area contributed by atoms with Gasteiger partial charge in [-0.1, -0.05) is 12.1 Å². The number of carbonyl (C=O) groups is 2. The maximum Gasteiger partial charge on any atom is 0.255 e. The lowest BCUT2D eigenvalue weighted by Crippen LogP contribution is -2.17. The number of aromatic nitrogens is 2.